The molecule has 9 nitrogen and oxygen atoms in total. The number of ether oxygens (including phenoxy) is 2. The molecule has 1 atom stereocenters. The van der Waals surface area contributed by atoms with E-state index in [4.69, 9.17) is 9.47 Å². The maximum atomic E-state index is 12.5. The van der Waals surface area contributed by atoms with Crippen molar-refractivity contribution in [2.24, 2.45) is 5.10 Å². The third kappa shape index (κ3) is 3.52. The van der Waals surface area contributed by atoms with Crippen LogP contribution < -0.4 is 25.5 Å². The number of carbonyl (C=O) groups is 2. The summed E-state index contributed by atoms with van der Waals surface area (Å²) in [5.41, 5.74) is 5.13. The lowest BCUT2D eigenvalue weighted by molar-refractivity contribution is -0.118. The Morgan fingerprint density at radius 2 is 2.03 bits per heavy atom. The summed E-state index contributed by atoms with van der Waals surface area (Å²) in [6.07, 6.45) is 1.04. The van der Waals surface area contributed by atoms with Gasteiger partial charge in [0.1, 0.15) is 0 Å². The minimum Gasteiger partial charge on any atom is -0.454 e. The van der Waals surface area contributed by atoms with Crippen molar-refractivity contribution >= 4 is 40.1 Å². The summed E-state index contributed by atoms with van der Waals surface area (Å²) in [4.78, 5) is 26.4. The predicted octanol–water partition coefficient (Wildman–Crippen LogP) is 1.72. The van der Waals surface area contributed by atoms with Crippen molar-refractivity contribution in [2.75, 3.05) is 17.9 Å². The number of hydrazone groups is 1. The first-order valence-electron chi connectivity index (χ1n) is 9.20. The number of hydrogen-bond acceptors (Lipinski definition) is 8. The second-order valence-electron chi connectivity index (χ2n) is 6.61. The Morgan fingerprint density at radius 3 is 2.90 bits per heavy atom. The summed E-state index contributed by atoms with van der Waals surface area (Å²) >= 11 is 1.28. The molecular weight excluding hydrogens is 406 g/mol. The Labute approximate surface area is 176 Å². The van der Waals surface area contributed by atoms with Crippen molar-refractivity contribution in [3.8, 4) is 11.5 Å². The molecule has 0 bridgehead atoms. The number of anilines is 1. The van der Waals surface area contributed by atoms with E-state index in [9.17, 15) is 9.59 Å². The quantitative estimate of drug-likeness (QED) is 0.688. The number of carbonyl (C=O) groups excluding carboxylic acids is 2. The Balaban J connectivity index is 1.26. The van der Waals surface area contributed by atoms with E-state index in [0.717, 1.165) is 11.3 Å². The molecule has 3 N–H and O–H groups in total. The van der Waals surface area contributed by atoms with E-state index in [2.05, 4.69) is 21.2 Å². The van der Waals surface area contributed by atoms with Gasteiger partial charge in [-0.2, -0.15) is 5.10 Å². The third-order valence-electron chi connectivity index (χ3n) is 4.61. The van der Waals surface area contributed by atoms with E-state index >= 15 is 0 Å². The van der Waals surface area contributed by atoms with Crippen LogP contribution in [0.15, 0.2) is 59.7 Å². The first-order chi connectivity index (χ1) is 14.7. The van der Waals surface area contributed by atoms with Crippen LogP contribution in [0.1, 0.15) is 5.56 Å². The standard InChI is InChI=1S/C20H17N5O4S/c26-17-9-14(12-4-2-1-3-5-12)25-19(22-17)23-24-20(25)30-10-18(27)21-13-6-7-15-16(8-13)29-11-28-15/h1-9,19,23H,10-11H2,(H,21,27)(H,22,26). The van der Waals surface area contributed by atoms with Gasteiger partial charge in [-0.15, -0.1) is 0 Å². The van der Waals surface area contributed by atoms with Gasteiger partial charge < -0.3 is 20.1 Å². The van der Waals surface area contributed by atoms with Gasteiger partial charge in [-0.3, -0.25) is 19.9 Å². The topological polar surface area (TPSA) is 104 Å². The van der Waals surface area contributed by atoms with Crippen molar-refractivity contribution in [1.82, 2.24) is 15.6 Å². The number of amides is 2. The molecule has 1 unspecified atom stereocenters. The zero-order valence-electron chi connectivity index (χ0n) is 15.6. The number of amidine groups is 1. The predicted molar refractivity (Wildman–Crippen MR) is 112 cm³/mol. The van der Waals surface area contributed by atoms with E-state index in [-0.39, 0.29) is 24.4 Å². The highest BCUT2D eigenvalue weighted by molar-refractivity contribution is 8.14. The van der Waals surface area contributed by atoms with Gasteiger partial charge in [-0.25, -0.2) is 0 Å². The molecule has 3 aliphatic heterocycles. The van der Waals surface area contributed by atoms with Crippen LogP contribution in [0, 0.1) is 0 Å². The lowest BCUT2D eigenvalue weighted by atomic mass is 10.1. The summed E-state index contributed by atoms with van der Waals surface area (Å²) in [5, 5.41) is 10.5. The highest BCUT2D eigenvalue weighted by atomic mass is 32.2. The second-order valence-corrected chi connectivity index (χ2v) is 7.55. The molecule has 30 heavy (non-hydrogen) atoms. The largest absolute Gasteiger partial charge is 0.454 e. The summed E-state index contributed by atoms with van der Waals surface area (Å²) < 4.78 is 10.6. The van der Waals surface area contributed by atoms with Crippen molar-refractivity contribution in [1.29, 1.82) is 0 Å². The molecule has 0 saturated carbocycles. The highest BCUT2D eigenvalue weighted by Crippen LogP contribution is 2.34. The van der Waals surface area contributed by atoms with Crippen molar-refractivity contribution in [3.05, 3.63) is 60.2 Å². The fraction of sp³-hybridized carbons (Fsp3) is 0.150. The van der Waals surface area contributed by atoms with Crippen LogP contribution in [0.4, 0.5) is 5.69 Å². The first kappa shape index (κ1) is 18.4. The lowest BCUT2D eigenvalue weighted by Crippen LogP contribution is -2.53. The summed E-state index contributed by atoms with van der Waals surface area (Å²) in [7, 11) is 0. The monoisotopic (exact) mass is 423 g/mol. The maximum Gasteiger partial charge on any atom is 0.249 e. The number of hydrogen-bond donors (Lipinski definition) is 3. The van der Waals surface area contributed by atoms with Crippen molar-refractivity contribution in [2.45, 2.75) is 6.29 Å². The Hall–Kier alpha value is -3.66. The van der Waals surface area contributed by atoms with Crippen LogP contribution in [0.5, 0.6) is 11.5 Å². The molecule has 2 aromatic rings. The molecule has 2 aromatic carbocycles. The van der Waals surface area contributed by atoms with Crippen molar-refractivity contribution in [3.63, 3.8) is 0 Å². The fourth-order valence-corrected chi connectivity index (χ4v) is 4.07. The average Bonchev–Trinajstić information content (AvgIpc) is 3.38. The molecule has 0 aliphatic carbocycles. The Kier molecular flexibility index (Phi) is 4.68. The Bertz CT molecular complexity index is 1070. The van der Waals surface area contributed by atoms with Gasteiger partial charge in [0, 0.05) is 17.8 Å². The lowest BCUT2D eigenvalue weighted by Gasteiger charge is -2.32. The molecule has 2 amide bonds. The van der Waals surface area contributed by atoms with Gasteiger partial charge >= 0.3 is 0 Å². The summed E-state index contributed by atoms with van der Waals surface area (Å²) in [6, 6.07) is 14.8. The highest BCUT2D eigenvalue weighted by Gasteiger charge is 2.36. The van der Waals surface area contributed by atoms with Gasteiger partial charge in [-0.1, -0.05) is 42.1 Å². The molecule has 10 heteroatoms. The number of nitrogens with one attached hydrogen (secondary N) is 3. The number of fused-ring (bicyclic) bond motifs is 2. The molecule has 0 fully saturated rings. The molecule has 0 radical (unpaired) electrons. The van der Waals surface area contributed by atoms with Crippen molar-refractivity contribution < 1.29 is 19.1 Å². The molecule has 3 heterocycles. The normalized spacial score (nSPS) is 18.7. The molecular formula is C20H17N5O4S. The zero-order valence-corrected chi connectivity index (χ0v) is 16.4. The fourth-order valence-electron chi connectivity index (χ4n) is 3.28. The van der Waals surface area contributed by atoms with Crippen LogP contribution >= 0.6 is 11.8 Å². The first-order valence-corrected chi connectivity index (χ1v) is 10.2. The number of thioether (sulfide) groups is 1. The van der Waals surface area contributed by atoms with Crippen LogP contribution in [0.3, 0.4) is 0 Å². The molecule has 0 spiro atoms. The van der Waals surface area contributed by atoms with Crippen LogP contribution in [0.25, 0.3) is 5.70 Å². The minimum absolute atomic E-state index is 0.147. The minimum atomic E-state index is -0.489. The summed E-state index contributed by atoms with van der Waals surface area (Å²) in [5.74, 6) is 1.02. The third-order valence-corrected chi connectivity index (χ3v) is 5.56. The van der Waals surface area contributed by atoms with E-state index < -0.39 is 6.29 Å². The van der Waals surface area contributed by atoms with Gasteiger partial charge in [0.25, 0.3) is 0 Å². The van der Waals surface area contributed by atoms with Gasteiger partial charge in [0.15, 0.2) is 23.0 Å². The molecule has 0 saturated heterocycles. The van der Waals surface area contributed by atoms with Crippen LogP contribution in [-0.4, -0.2) is 40.7 Å². The number of nitrogens with zero attached hydrogens (tertiary/aromatic N) is 2. The SMILES string of the molecule is O=C1C=C(c2ccccc2)N2C(SCC(=O)Nc3ccc4c(c3)OCO4)=NNC2N1. The van der Waals surface area contributed by atoms with Gasteiger partial charge in [0.05, 0.1) is 11.4 Å². The van der Waals surface area contributed by atoms with Gasteiger partial charge in [0.2, 0.25) is 18.6 Å². The molecule has 0 aromatic heterocycles. The molecule has 5 rings (SSSR count). The Morgan fingerprint density at radius 1 is 1.20 bits per heavy atom. The zero-order chi connectivity index (χ0) is 20.5. The van der Waals surface area contributed by atoms with E-state index in [1.807, 2.05) is 35.2 Å². The van der Waals surface area contributed by atoms with E-state index in [1.165, 1.54) is 17.8 Å². The molecule has 3 aliphatic rings. The summed E-state index contributed by atoms with van der Waals surface area (Å²) in [6.45, 7) is 0.181. The second kappa shape index (κ2) is 7.64. The van der Waals surface area contributed by atoms with Crippen LogP contribution in [-0.2, 0) is 9.59 Å². The number of benzene rings is 2. The van der Waals surface area contributed by atoms with Gasteiger partial charge in [-0.05, 0) is 17.7 Å². The van der Waals surface area contributed by atoms with E-state index in [1.54, 1.807) is 18.2 Å². The van der Waals surface area contributed by atoms with E-state index in [0.29, 0.717) is 22.4 Å². The molecule has 152 valence electrons. The number of rotatable bonds is 4. The average molecular weight is 423 g/mol. The maximum absolute atomic E-state index is 12.5. The van der Waals surface area contributed by atoms with Crippen LogP contribution in [0.2, 0.25) is 0 Å². The smallest absolute Gasteiger partial charge is 0.249 e.